The fourth-order valence-electron chi connectivity index (χ4n) is 2.12. The fraction of sp³-hybridized carbons (Fsp3) is 0.143. The number of aromatic carboxylic acids is 1. The molecule has 0 atom stereocenters. The molecule has 21 heavy (non-hydrogen) atoms. The van der Waals surface area contributed by atoms with Crippen LogP contribution in [0.15, 0.2) is 24.3 Å². The fourth-order valence-corrected chi connectivity index (χ4v) is 3.23. The van der Waals surface area contributed by atoms with Gasteiger partial charge in [-0.25, -0.2) is 13.9 Å². The summed E-state index contributed by atoms with van der Waals surface area (Å²) in [5.74, 6) is -1.52. The average Bonchev–Trinajstić information content (AvgIpc) is 3.00. The van der Waals surface area contributed by atoms with Crippen LogP contribution in [0.2, 0.25) is 5.02 Å². The van der Waals surface area contributed by atoms with E-state index in [0.29, 0.717) is 16.9 Å². The maximum Gasteiger partial charge on any atom is 0.345 e. The zero-order valence-electron chi connectivity index (χ0n) is 10.9. The number of carboxylic acids is 1. The van der Waals surface area contributed by atoms with Crippen molar-refractivity contribution in [2.45, 2.75) is 13.3 Å². The summed E-state index contributed by atoms with van der Waals surface area (Å²) in [6.07, 6.45) is 0.662. The first kappa shape index (κ1) is 14.0. The van der Waals surface area contributed by atoms with Crippen LogP contribution in [0.25, 0.3) is 15.9 Å². The molecule has 3 aromatic rings. The van der Waals surface area contributed by atoms with Crippen molar-refractivity contribution in [1.29, 1.82) is 0 Å². The number of halogens is 2. The molecule has 4 nitrogen and oxygen atoms in total. The lowest BCUT2D eigenvalue weighted by atomic mass is 10.2. The zero-order valence-corrected chi connectivity index (χ0v) is 12.5. The van der Waals surface area contributed by atoms with Crippen molar-refractivity contribution in [3.8, 4) is 5.69 Å². The molecule has 2 aromatic heterocycles. The van der Waals surface area contributed by atoms with E-state index in [4.69, 9.17) is 16.7 Å². The molecule has 0 saturated carbocycles. The van der Waals surface area contributed by atoms with Gasteiger partial charge in [-0.1, -0.05) is 18.5 Å². The number of carboxylic acid groups (broad SMARTS) is 1. The molecule has 0 bridgehead atoms. The molecule has 1 aromatic carbocycles. The Kier molecular flexibility index (Phi) is 3.43. The second-order valence-corrected chi connectivity index (χ2v) is 5.88. The van der Waals surface area contributed by atoms with Crippen LogP contribution in [0.3, 0.4) is 0 Å². The van der Waals surface area contributed by atoms with Gasteiger partial charge in [-0.15, -0.1) is 11.3 Å². The van der Waals surface area contributed by atoms with Crippen molar-refractivity contribution < 1.29 is 14.3 Å². The molecule has 7 heteroatoms. The molecule has 0 saturated heterocycles. The minimum absolute atomic E-state index is 0.0373. The van der Waals surface area contributed by atoms with Gasteiger partial charge >= 0.3 is 5.97 Å². The molecular formula is C14H10ClFN2O2S. The molecule has 3 rings (SSSR count). The lowest BCUT2D eigenvalue weighted by Crippen LogP contribution is -1.98. The summed E-state index contributed by atoms with van der Waals surface area (Å²) >= 11 is 6.80. The average molecular weight is 325 g/mol. The van der Waals surface area contributed by atoms with E-state index >= 15 is 0 Å². The van der Waals surface area contributed by atoms with Crippen LogP contribution >= 0.6 is 22.9 Å². The number of aromatic nitrogens is 2. The van der Waals surface area contributed by atoms with Crippen molar-refractivity contribution in [2.75, 3.05) is 0 Å². The van der Waals surface area contributed by atoms with Crippen LogP contribution in [0.1, 0.15) is 22.3 Å². The number of carbonyl (C=O) groups is 1. The van der Waals surface area contributed by atoms with Crippen molar-refractivity contribution >= 4 is 39.1 Å². The molecule has 0 aliphatic heterocycles. The largest absolute Gasteiger partial charge is 0.477 e. The molecule has 1 N–H and O–H groups in total. The van der Waals surface area contributed by atoms with E-state index in [-0.39, 0.29) is 9.90 Å². The molecule has 0 unspecified atom stereocenters. The Hall–Kier alpha value is -1.92. The quantitative estimate of drug-likeness (QED) is 0.787. The SMILES string of the molecule is CCc1nn(-c2ccc(Cl)c(F)c2)c2sc(C(=O)O)cc12. The maximum absolute atomic E-state index is 13.6. The summed E-state index contributed by atoms with van der Waals surface area (Å²) in [6.45, 7) is 1.94. The Labute approximate surface area is 128 Å². The number of fused-ring (bicyclic) bond motifs is 1. The van der Waals surface area contributed by atoms with E-state index in [1.807, 2.05) is 6.92 Å². The van der Waals surface area contributed by atoms with Crippen molar-refractivity contribution in [3.05, 3.63) is 45.7 Å². The smallest absolute Gasteiger partial charge is 0.345 e. The second kappa shape index (κ2) is 5.13. The van der Waals surface area contributed by atoms with Crippen LogP contribution in [0, 0.1) is 5.82 Å². The third-order valence-electron chi connectivity index (χ3n) is 3.13. The van der Waals surface area contributed by atoms with Gasteiger partial charge in [0.2, 0.25) is 0 Å². The predicted molar refractivity (Wildman–Crippen MR) is 80.3 cm³/mol. The standard InChI is InChI=1S/C14H10ClFN2O2S/c1-2-11-8-6-12(14(19)20)21-13(8)18(17-11)7-3-4-9(15)10(16)5-7/h3-6H,2H2,1H3,(H,19,20). The molecule has 0 fully saturated rings. The minimum Gasteiger partial charge on any atom is -0.477 e. The first-order chi connectivity index (χ1) is 10.0. The second-order valence-electron chi connectivity index (χ2n) is 4.45. The van der Waals surface area contributed by atoms with Gasteiger partial charge in [-0.2, -0.15) is 5.10 Å². The topological polar surface area (TPSA) is 55.1 Å². The highest BCUT2D eigenvalue weighted by molar-refractivity contribution is 7.20. The number of hydrogen-bond acceptors (Lipinski definition) is 3. The highest BCUT2D eigenvalue weighted by Crippen LogP contribution is 2.31. The van der Waals surface area contributed by atoms with Crippen molar-refractivity contribution in [2.24, 2.45) is 0 Å². The number of rotatable bonds is 3. The monoisotopic (exact) mass is 324 g/mol. The van der Waals surface area contributed by atoms with Crippen LogP contribution in [0.4, 0.5) is 4.39 Å². The number of nitrogens with zero attached hydrogens (tertiary/aromatic N) is 2. The van der Waals surface area contributed by atoms with Crippen LogP contribution in [-0.4, -0.2) is 20.9 Å². The molecular weight excluding hydrogens is 315 g/mol. The minimum atomic E-state index is -0.980. The molecule has 0 aliphatic carbocycles. The van der Waals surface area contributed by atoms with Gasteiger partial charge < -0.3 is 5.11 Å². The number of benzene rings is 1. The molecule has 0 spiro atoms. The number of hydrogen-bond donors (Lipinski definition) is 1. The van der Waals surface area contributed by atoms with E-state index in [9.17, 15) is 9.18 Å². The lowest BCUT2D eigenvalue weighted by Gasteiger charge is -2.03. The third-order valence-corrected chi connectivity index (χ3v) is 4.53. The predicted octanol–water partition coefficient (Wildman–Crippen LogP) is 4.14. The van der Waals surface area contributed by atoms with E-state index in [1.54, 1.807) is 16.8 Å². The summed E-state index contributed by atoms with van der Waals surface area (Å²) in [5.41, 5.74) is 1.30. The zero-order chi connectivity index (χ0) is 15.1. The van der Waals surface area contributed by atoms with Gasteiger partial charge in [0, 0.05) is 11.5 Å². The van der Waals surface area contributed by atoms with E-state index in [0.717, 1.165) is 22.4 Å². The Morgan fingerprint density at radius 1 is 1.48 bits per heavy atom. The van der Waals surface area contributed by atoms with Crippen molar-refractivity contribution in [1.82, 2.24) is 9.78 Å². The maximum atomic E-state index is 13.6. The van der Waals surface area contributed by atoms with Gasteiger partial charge in [-0.05, 0) is 24.6 Å². The molecule has 108 valence electrons. The molecule has 2 heterocycles. The summed E-state index contributed by atoms with van der Waals surface area (Å²) < 4.78 is 15.2. The van der Waals surface area contributed by atoms with Crippen molar-refractivity contribution in [3.63, 3.8) is 0 Å². The van der Waals surface area contributed by atoms with E-state index < -0.39 is 11.8 Å². The molecule has 0 aliphatic rings. The Morgan fingerprint density at radius 2 is 2.24 bits per heavy atom. The first-order valence-electron chi connectivity index (χ1n) is 6.21. The number of aryl methyl sites for hydroxylation is 1. The number of thiophene rings is 1. The normalized spacial score (nSPS) is 11.2. The summed E-state index contributed by atoms with van der Waals surface area (Å²) in [4.78, 5) is 12.0. The molecule has 0 radical (unpaired) electrons. The van der Waals surface area contributed by atoms with Gasteiger partial charge in [0.25, 0.3) is 0 Å². The first-order valence-corrected chi connectivity index (χ1v) is 7.41. The Balaban J connectivity index is 2.26. The van der Waals surface area contributed by atoms with Gasteiger partial charge in [0.05, 0.1) is 16.4 Å². The summed E-state index contributed by atoms with van der Waals surface area (Å²) in [6, 6.07) is 6.00. The Bertz CT molecular complexity index is 856. The molecule has 0 amide bonds. The summed E-state index contributed by atoms with van der Waals surface area (Å²) in [5, 5.41) is 14.4. The Morgan fingerprint density at radius 3 is 2.86 bits per heavy atom. The van der Waals surface area contributed by atoms with Gasteiger partial charge in [0.1, 0.15) is 15.5 Å². The lowest BCUT2D eigenvalue weighted by molar-refractivity contribution is 0.0702. The van der Waals surface area contributed by atoms with E-state index in [1.165, 1.54) is 12.1 Å². The highest BCUT2D eigenvalue weighted by atomic mass is 35.5. The van der Waals surface area contributed by atoms with Gasteiger partial charge in [0.15, 0.2) is 0 Å². The van der Waals surface area contributed by atoms with E-state index in [2.05, 4.69) is 5.10 Å². The van der Waals surface area contributed by atoms with Crippen LogP contribution < -0.4 is 0 Å². The summed E-state index contributed by atoms with van der Waals surface area (Å²) in [7, 11) is 0. The van der Waals surface area contributed by atoms with Crippen LogP contribution in [0.5, 0.6) is 0 Å². The third kappa shape index (κ3) is 2.30. The highest BCUT2D eigenvalue weighted by Gasteiger charge is 2.18. The van der Waals surface area contributed by atoms with Crippen LogP contribution in [-0.2, 0) is 6.42 Å². The van der Waals surface area contributed by atoms with Gasteiger partial charge in [-0.3, -0.25) is 0 Å².